The molecular weight excluding hydrogens is 296 g/mol. The highest BCUT2D eigenvalue weighted by Crippen LogP contribution is 2.20. The first-order valence-electron chi connectivity index (χ1n) is 9.08. The first-order valence-corrected chi connectivity index (χ1v) is 9.08. The van der Waals surface area contributed by atoms with E-state index in [2.05, 4.69) is 6.92 Å². The average Bonchev–Trinajstić information content (AvgIpc) is 2.64. The Balaban J connectivity index is 1.84. The Labute approximate surface area is 145 Å². The van der Waals surface area contributed by atoms with Crippen LogP contribution >= 0.6 is 0 Å². The Morgan fingerprint density at radius 3 is 2.17 bits per heavy atom. The Morgan fingerprint density at radius 1 is 0.875 bits per heavy atom. The largest absolute Gasteiger partial charge is 0.380 e. The third kappa shape index (κ3) is 5.61. The number of ketones is 1. The molecule has 0 aliphatic rings. The molecule has 2 nitrogen and oxygen atoms in total. The van der Waals surface area contributed by atoms with Gasteiger partial charge in [0.1, 0.15) is 6.10 Å². The normalized spacial score (nSPS) is 12.1. The smallest absolute Gasteiger partial charge is 0.195 e. The first kappa shape index (κ1) is 18.4. The summed E-state index contributed by atoms with van der Waals surface area (Å²) >= 11 is 0. The minimum absolute atomic E-state index is 0.251. The molecule has 0 radical (unpaired) electrons. The lowest BCUT2D eigenvalue weighted by atomic mass is 9.98. The monoisotopic (exact) mass is 324 g/mol. The molecular formula is C22H28O2. The fraction of sp³-hybridized carbons (Fsp3) is 0.409. The van der Waals surface area contributed by atoms with E-state index in [0.29, 0.717) is 11.1 Å². The SMILES string of the molecule is CCCCCCCCc1ccc(C(O)C(=O)c2ccccc2)cc1. The molecule has 0 saturated carbocycles. The van der Waals surface area contributed by atoms with Gasteiger partial charge in [-0.25, -0.2) is 0 Å². The molecule has 0 aromatic heterocycles. The summed E-state index contributed by atoms with van der Waals surface area (Å²) in [5.74, 6) is -0.251. The minimum atomic E-state index is -1.09. The minimum Gasteiger partial charge on any atom is -0.380 e. The molecule has 2 aromatic rings. The number of Topliss-reactive ketones (excluding diaryl/α,β-unsaturated/α-hetero) is 1. The Morgan fingerprint density at radius 2 is 1.50 bits per heavy atom. The zero-order chi connectivity index (χ0) is 17.2. The van der Waals surface area contributed by atoms with Gasteiger partial charge >= 0.3 is 0 Å². The van der Waals surface area contributed by atoms with Crippen LogP contribution in [0.4, 0.5) is 0 Å². The second-order valence-corrected chi connectivity index (χ2v) is 6.39. The van der Waals surface area contributed by atoms with Gasteiger partial charge in [0.25, 0.3) is 0 Å². The molecule has 0 heterocycles. The Bertz CT molecular complexity index is 602. The number of aliphatic hydroxyl groups excluding tert-OH is 1. The summed E-state index contributed by atoms with van der Waals surface area (Å²) in [4.78, 5) is 12.3. The maximum atomic E-state index is 12.3. The van der Waals surface area contributed by atoms with Gasteiger partial charge in [0.2, 0.25) is 0 Å². The first-order chi connectivity index (χ1) is 11.7. The molecule has 0 saturated heterocycles. The van der Waals surface area contributed by atoms with Gasteiger partial charge in [0, 0.05) is 5.56 Å². The van der Waals surface area contributed by atoms with Crippen LogP contribution < -0.4 is 0 Å². The van der Waals surface area contributed by atoms with Gasteiger partial charge < -0.3 is 5.11 Å². The van der Waals surface area contributed by atoms with E-state index in [9.17, 15) is 9.90 Å². The van der Waals surface area contributed by atoms with Gasteiger partial charge in [-0.3, -0.25) is 4.79 Å². The second kappa shape index (κ2) is 10.0. The predicted octanol–water partition coefficient (Wildman–Crippen LogP) is 5.51. The van der Waals surface area contributed by atoms with Crippen LogP contribution in [0.25, 0.3) is 0 Å². The van der Waals surface area contributed by atoms with Crippen LogP contribution in [0.2, 0.25) is 0 Å². The van der Waals surface area contributed by atoms with E-state index in [1.54, 1.807) is 12.1 Å². The Hall–Kier alpha value is -1.93. The van der Waals surface area contributed by atoms with Crippen molar-refractivity contribution in [1.29, 1.82) is 0 Å². The van der Waals surface area contributed by atoms with E-state index in [1.807, 2.05) is 42.5 Å². The van der Waals surface area contributed by atoms with Crippen molar-refractivity contribution in [3.05, 3.63) is 71.3 Å². The van der Waals surface area contributed by atoms with Crippen molar-refractivity contribution in [2.45, 2.75) is 58.0 Å². The predicted molar refractivity (Wildman–Crippen MR) is 99.3 cm³/mol. The van der Waals surface area contributed by atoms with E-state index in [-0.39, 0.29) is 5.78 Å². The fourth-order valence-corrected chi connectivity index (χ4v) is 2.89. The van der Waals surface area contributed by atoms with E-state index >= 15 is 0 Å². The molecule has 0 spiro atoms. The second-order valence-electron chi connectivity index (χ2n) is 6.39. The van der Waals surface area contributed by atoms with Crippen molar-refractivity contribution in [1.82, 2.24) is 0 Å². The fourth-order valence-electron chi connectivity index (χ4n) is 2.89. The van der Waals surface area contributed by atoms with Gasteiger partial charge in [-0.05, 0) is 24.0 Å². The Kier molecular flexibility index (Phi) is 7.70. The third-order valence-electron chi connectivity index (χ3n) is 4.42. The van der Waals surface area contributed by atoms with Crippen molar-refractivity contribution in [3.63, 3.8) is 0 Å². The van der Waals surface area contributed by atoms with Crippen LogP contribution in [0.15, 0.2) is 54.6 Å². The molecule has 0 aliphatic heterocycles. The van der Waals surface area contributed by atoms with E-state index < -0.39 is 6.10 Å². The number of aliphatic hydroxyl groups is 1. The zero-order valence-electron chi connectivity index (χ0n) is 14.6. The zero-order valence-corrected chi connectivity index (χ0v) is 14.6. The van der Waals surface area contributed by atoms with Gasteiger partial charge in [0.15, 0.2) is 5.78 Å². The summed E-state index contributed by atoms with van der Waals surface area (Å²) in [6, 6.07) is 16.8. The lowest BCUT2D eigenvalue weighted by Gasteiger charge is -2.11. The molecule has 2 heteroatoms. The van der Waals surface area contributed by atoms with Gasteiger partial charge in [-0.2, -0.15) is 0 Å². The summed E-state index contributed by atoms with van der Waals surface area (Å²) in [6.45, 7) is 2.23. The topological polar surface area (TPSA) is 37.3 Å². The van der Waals surface area contributed by atoms with Crippen molar-refractivity contribution >= 4 is 5.78 Å². The van der Waals surface area contributed by atoms with E-state index in [0.717, 1.165) is 6.42 Å². The summed E-state index contributed by atoms with van der Waals surface area (Å²) in [5.41, 5.74) is 2.48. The molecule has 1 N–H and O–H groups in total. The number of unbranched alkanes of at least 4 members (excludes halogenated alkanes) is 5. The quantitative estimate of drug-likeness (QED) is 0.462. The van der Waals surface area contributed by atoms with Crippen LogP contribution in [0.3, 0.4) is 0 Å². The number of carbonyl (C=O) groups is 1. The maximum Gasteiger partial charge on any atom is 0.195 e. The highest BCUT2D eigenvalue weighted by molar-refractivity contribution is 5.99. The molecule has 0 aliphatic carbocycles. The molecule has 0 amide bonds. The van der Waals surface area contributed by atoms with Gasteiger partial charge in [0.05, 0.1) is 0 Å². The maximum absolute atomic E-state index is 12.3. The van der Waals surface area contributed by atoms with Gasteiger partial charge in [-0.1, -0.05) is 93.6 Å². The highest BCUT2D eigenvalue weighted by atomic mass is 16.3. The number of aryl methyl sites for hydroxylation is 1. The standard InChI is InChI=1S/C22H28O2/c1-2-3-4-5-6-8-11-18-14-16-20(17-15-18)22(24)21(23)19-12-9-7-10-13-19/h7,9-10,12-17,22,24H,2-6,8,11H2,1H3. The van der Waals surface area contributed by atoms with Crippen LogP contribution in [-0.4, -0.2) is 10.9 Å². The van der Waals surface area contributed by atoms with Crippen molar-refractivity contribution in [2.24, 2.45) is 0 Å². The summed E-state index contributed by atoms with van der Waals surface area (Å²) in [6.07, 6.45) is 7.73. The van der Waals surface area contributed by atoms with E-state index in [4.69, 9.17) is 0 Å². The molecule has 2 aromatic carbocycles. The van der Waals surface area contributed by atoms with Crippen LogP contribution in [-0.2, 0) is 6.42 Å². The lowest BCUT2D eigenvalue weighted by molar-refractivity contribution is 0.0747. The van der Waals surface area contributed by atoms with Crippen molar-refractivity contribution in [3.8, 4) is 0 Å². The number of benzene rings is 2. The molecule has 2 rings (SSSR count). The summed E-state index contributed by atoms with van der Waals surface area (Å²) < 4.78 is 0. The highest BCUT2D eigenvalue weighted by Gasteiger charge is 2.18. The third-order valence-corrected chi connectivity index (χ3v) is 4.42. The molecule has 1 atom stereocenters. The van der Waals surface area contributed by atoms with Crippen LogP contribution in [0.5, 0.6) is 0 Å². The van der Waals surface area contributed by atoms with Crippen LogP contribution in [0.1, 0.15) is 73.0 Å². The molecule has 24 heavy (non-hydrogen) atoms. The number of carbonyl (C=O) groups excluding carboxylic acids is 1. The van der Waals surface area contributed by atoms with Crippen molar-refractivity contribution < 1.29 is 9.90 Å². The van der Waals surface area contributed by atoms with Crippen molar-refractivity contribution in [2.75, 3.05) is 0 Å². The lowest BCUT2D eigenvalue weighted by Crippen LogP contribution is -2.12. The summed E-state index contributed by atoms with van der Waals surface area (Å²) in [7, 11) is 0. The number of rotatable bonds is 10. The molecule has 128 valence electrons. The van der Waals surface area contributed by atoms with E-state index in [1.165, 1.54) is 44.1 Å². The van der Waals surface area contributed by atoms with Gasteiger partial charge in [-0.15, -0.1) is 0 Å². The molecule has 0 bridgehead atoms. The molecule has 0 fully saturated rings. The van der Waals surface area contributed by atoms with Crippen LogP contribution in [0, 0.1) is 0 Å². The summed E-state index contributed by atoms with van der Waals surface area (Å²) in [5, 5.41) is 10.3. The average molecular weight is 324 g/mol. The molecule has 1 unspecified atom stereocenters. The number of hydrogen-bond acceptors (Lipinski definition) is 2. The number of hydrogen-bond donors (Lipinski definition) is 1.